The molecule has 0 bridgehead atoms. The van der Waals surface area contributed by atoms with E-state index in [4.69, 9.17) is 5.11 Å². The molecular weight excluding hydrogens is 240 g/mol. The third-order valence-corrected chi connectivity index (χ3v) is 3.17. The van der Waals surface area contributed by atoms with Crippen molar-refractivity contribution < 1.29 is 9.90 Å². The van der Waals surface area contributed by atoms with E-state index in [1.54, 1.807) is 12.3 Å². The average molecular weight is 252 g/mol. The van der Waals surface area contributed by atoms with Gasteiger partial charge in [-0.1, -0.05) is 24.3 Å². The molecule has 2 aromatic heterocycles. The molecule has 4 nitrogen and oxygen atoms in total. The van der Waals surface area contributed by atoms with Crippen LogP contribution in [0, 0.1) is 6.92 Å². The van der Waals surface area contributed by atoms with E-state index in [2.05, 4.69) is 9.97 Å². The number of carboxylic acids is 1. The molecule has 0 radical (unpaired) electrons. The third-order valence-electron chi connectivity index (χ3n) is 3.17. The van der Waals surface area contributed by atoms with Gasteiger partial charge in [-0.2, -0.15) is 0 Å². The Morgan fingerprint density at radius 2 is 2.00 bits per heavy atom. The minimum Gasteiger partial charge on any atom is -0.477 e. The standard InChI is InChI=1S/C15H12N2O2/c1-9-12(8-13(17-9)15(18)19)11-6-2-4-10-5-3-7-16-14(10)11/h2-8,17H,1H3,(H,18,19). The van der Waals surface area contributed by atoms with Gasteiger partial charge < -0.3 is 10.1 Å². The van der Waals surface area contributed by atoms with Crippen molar-refractivity contribution in [2.75, 3.05) is 0 Å². The highest BCUT2D eigenvalue weighted by Gasteiger charge is 2.13. The quantitative estimate of drug-likeness (QED) is 0.735. The molecule has 0 spiro atoms. The Labute approximate surface area is 109 Å². The fourth-order valence-corrected chi connectivity index (χ4v) is 2.27. The molecular formula is C15H12N2O2. The Balaban J connectivity index is 2.27. The van der Waals surface area contributed by atoms with Crippen LogP contribution in [0.3, 0.4) is 0 Å². The van der Waals surface area contributed by atoms with E-state index >= 15 is 0 Å². The number of hydrogen-bond acceptors (Lipinski definition) is 2. The highest BCUT2D eigenvalue weighted by atomic mass is 16.4. The van der Waals surface area contributed by atoms with E-state index in [9.17, 15) is 4.79 Å². The normalized spacial score (nSPS) is 10.8. The molecule has 1 aromatic carbocycles. The Bertz CT molecular complexity index is 769. The molecule has 2 N–H and O–H groups in total. The second-order valence-corrected chi connectivity index (χ2v) is 4.41. The summed E-state index contributed by atoms with van der Waals surface area (Å²) in [5.41, 5.74) is 3.72. The maximum absolute atomic E-state index is 11.0. The summed E-state index contributed by atoms with van der Waals surface area (Å²) in [6.07, 6.45) is 1.74. The number of rotatable bonds is 2. The van der Waals surface area contributed by atoms with E-state index in [1.807, 2.05) is 37.3 Å². The number of H-pyrrole nitrogens is 1. The number of fused-ring (bicyclic) bond motifs is 1. The van der Waals surface area contributed by atoms with Crippen molar-refractivity contribution in [3.8, 4) is 11.1 Å². The molecule has 0 saturated carbocycles. The molecule has 0 aliphatic heterocycles. The van der Waals surface area contributed by atoms with E-state index in [0.717, 1.165) is 27.7 Å². The number of pyridine rings is 1. The average Bonchev–Trinajstić information content (AvgIpc) is 2.80. The number of aromatic nitrogens is 2. The van der Waals surface area contributed by atoms with E-state index in [0.29, 0.717) is 0 Å². The molecule has 0 fully saturated rings. The molecule has 2 heterocycles. The van der Waals surface area contributed by atoms with Gasteiger partial charge in [0.25, 0.3) is 0 Å². The number of aromatic carboxylic acids is 1. The van der Waals surface area contributed by atoms with Crippen LogP contribution in [0.5, 0.6) is 0 Å². The number of aromatic amines is 1. The lowest BCUT2D eigenvalue weighted by atomic mass is 10.0. The first-order valence-corrected chi connectivity index (χ1v) is 5.94. The molecule has 3 aromatic rings. The van der Waals surface area contributed by atoms with E-state index in [-0.39, 0.29) is 5.69 Å². The van der Waals surface area contributed by atoms with Crippen LogP contribution in [0.25, 0.3) is 22.0 Å². The molecule has 0 amide bonds. The van der Waals surface area contributed by atoms with Crippen LogP contribution in [-0.4, -0.2) is 21.0 Å². The van der Waals surface area contributed by atoms with Gasteiger partial charge in [-0.25, -0.2) is 4.79 Å². The summed E-state index contributed by atoms with van der Waals surface area (Å²) in [6.45, 7) is 1.86. The topological polar surface area (TPSA) is 66.0 Å². The van der Waals surface area contributed by atoms with Crippen molar-refractivity contribution in [2.45, 2.75) is 6.92 Å². The zero-order valence-electron chi connectivity index (χ0n) is 10.3. The highest BCUT2D eigenvalue weighted by molar-refractivity contribution is 5.96. The van der Waals surface area contributed by atoms with Gasteiger partial charge in [-0.15, -0.1) is 0 Å². The summed E-state index contributed by atoms with van der Waals surface area (Å²) in [5, 5.41) is 10.1. The van der Waals surface area contributed by atoms with Gasteiger partial charge in [0, 0.05) is 28.4 Å². The lowest BCUT2D eigenvalue weighted by molar-refractivity contribution is 0.0691. The van der Waals surface area contributed by atoms with E-state index in [1.165, 1.54) is 0 Å². The van der Waals surface area contributed by atoms with Crippen LogP contribution in [0.15, 0.2) is 42.6 Å². The molecule has 0 saturated heterocycles. The van der Waals surface area contributed by atoms with Gasteiger partial charge in [-0.3, -0.25) is 4.98 Å². The number of nitrogens with one attached hydrogen (secondary N) is 1. The number of carboxylic acid groups (broad SMARTS) is 1. The third kappa shape index (κ3) is 1.87. The number of benzene rings is 1. The zero-order valence-corrected chi connectivity index (χ0v) is 10.3. The Morgan fingerprint density at radius 1 is 1.21 bits per heavy atom. The minimum atomic E-state index is -0.956. The fraction of sp³-hybridized carbons (Fsp3) is 0.0667. The second kappa shape index (κ2) is 4.24. The molecule has 3 rings (SSSR count). The smallest absolute Gasteiger partial charge is 0.352 e. The molecule has 94 valence electrons. The molecule has 19 heavy (non-hydrogen) atoms. The van der Waals surface area contributed by atoms with Gasteiger partial charge >= 0.3 is 5.97 Å². The Kier molecular flexibility index (Phi) is 2.56. The Hall–Kier alpha value is -2.62. The molecule has 0 aliphatic carbocycles. The summed E-state index contributed by atoms with van der Waals surface area (Å²) >= 11 is 0. The molecule has 4 heteroatoms. The first-order valence-electron chi connectivity index (χ1n) is 5.94. The number of aryl methyl sites for hydroxylation is 1. The second-order valence-electron chi connectivity index (χ2n) is 4.41. The predicted molar refractivity (Wildman–Crippen MR) is 73.2 cm³/mol. The maximum atomic E-state index is 11.0. The number of para-hydroxylation sites is 1. The highest BCUT2D eigenvalue weighted by Crippen LogP contribution is 2.30. The number of hydrogen-bond donors (Lipinski definition) is 2. The zero-order chi connectivity index (χ0) is 13.4. The fourth-order valence-electron chi connectivity index (χ4n) is 2.27. The van der Waals surface area contributed by atoms with Crippen molar-refractivity contribution in [2.24, 2.45) is 0 Å². The van der Waals surface area contributed by atoms with Gasteiger partial charge in [-0.05, 0) is 19.1 Å². The lowest BCUT2D eigenvalue weighted by Gasteiger charge is -2.04. The first kappa shape index (κ1) is 11.5. The maximum Gasteiger partial charge on any atom is 0.352 e. The van der Waals surface area contributed by atoms with Crippen molar-refractivity contribution >= 4 is 16.9 Å². The van der Waals surface area contributed by atoms with Crippen LogP contribution in [0.1, 0.15) is 16.2 Å². The number of nitrogens with zero attached hydrogens (tertiary/aromatic N) is 1. The van der Waals surface area contributed by atoms with Gasteiger partial charge in [0.15, 0.2) is 0 Å². The van der Waals surface area contributed by atoms with Crippen LogP contribution < -0.4 is 0 Å². The van der Waals surface area contributed by atoms with E-state index < -0.39 is 5.97 Å². The summed E-state index contributed by atoms with van der Waals surface area (Å²) in [6, 6.07) is 11.4. The Morgan fingerprint density at radius 3 is 2.74 bits per heavy atom. The summed E-state index contributed by atoms with van der Waals surface area (Å²) in [4.78, 5) is 18.3. The summed E-state index contributed by atoms with van der Waals surface area (Å²) < 4.78 is 0. The van der Waals surface area contributed by atoms with Crippen LogP contribution >= 0.6 is 0 Å². The minimum absolute atomic E-state index is 0.195. The molecule has 0 aliphatic rings. The van der Waals surface area contributed by atoms with Crippen LogP contribution in [-0.2, 0) is 0 Å². The summed E-state index contributed by atoms with van der Waals surface area (Å²) in [5.74, 6) is -0.956. The summed E-state index contributed by atoms with van der Waals surface area (Å²) in [7, 11) is 0. The number of carbonyl (C=O) groups is 1. The molecule has 0 unspecified atom stereocenters. The monoisotopic (exact) mass is 252 g/mol. The van der Waals surface area contributed by atoms with Crippen molar-refractivity contribution in [3.05, 3.63) is 54.0 Å². The van der Waals surface area contributed by atoms with Crippen LogP contribution in [0.2, 0.25) is 0 Å². The SMILES string of the molecule is Cc1[nH]c(C(=O)O)cc1-c1cccc2cccnc12. The molecule has 0 atom stereocenters. The van der Waals surface area contributed by atoms with Gasteiger partial charge in [0.2, 0.25) is 0 Å². The van der Waals surface area contributed by atoms with Gasteiger partial charge in [0.1, 0.15) is 5.69 Å². The predicted octanol–water partition coefficient (Wildman–Crippen LogP) is 3.24. The largest absolute Gasteiger partial charge is 0.477 e. The first-order chi connectivity index (χ1) is 9.16. The van der Waals surface area contributed by atoms with Crippen molar-refractivity contribution in [1.29, 1.82) is 0 Å². The van der Waals surface area contributed by atoms with Crippen molar-refractivity contribution in [1.82, 2.24) is 9.97 Å². The van der Waals surface area contributed by atoms with Crippen molar-refractivity contribution in [3.63, 3.8) is 0 Å². The van der Waals surface area contributed by atoms with Crippen LogP contribution in [0.4, 0.5) is 0 Å². The van der Waals surface area contributed by atoms with Gasteiger partial charge in [0.05, 0.1) is 5.52 Å². The lowest BCUT2D eigenvalue weighted by Crippen LogP contribution is -1.95.